The predicted octanol–water partition coefficient (Wildman–Crippen LogP) is 5.69. The summed E-state index contributed by atoms with van der Waals surface area (Å²) in [7, 11) is 4.38. The molecule has 0 aliphatic heterocycles. The first-order valence-corrected chi connectivity index (χ1v) is 10.4. The first-order chi connectivity index (χ1) is 12.0. The summed E-state index contributed by atoms with van der Waals surface area (Å²) >= 11 is 0. The third-order valence-corrected chi connectivity index (χ3v) is 4.15. The fourth-order valence-electron chi connectivity index (χ4n) is 2.60. The molecule has 0 bridgehead atoms. The lowest BCUT2D eigenvalue weighted by Crippen LogP contribution is -2.33. The number of nitrogens with zero attached hydrogens (tertiary/aromatic N) is 1. The lowest BCUT2D eigenvalue weighted by molar-refractivity contribution is 0.194. The lowest BCUT2D eigenvalue weighted by atomic mass is 10.1. The molecule has 0 atom stereocenters. The second kappa shape index (κ2) is 14.2. The molecule has 0 amide bonds. The monoisotopic (exact) mass is 371 g/mol. The lowest BCUT2D eigenvalue weighted by Gasteiger charge is -2.26. The van der Waals surface area contributed by atoms with Crippen LogP contribution in [0.3, 0.4) is 0 Å². The van der Waals surface area contributed by atoms with Crippen molar-refractivity contribution in [1.82, 2.24) is 4.90 Å². The van der Waals surface area contributed by atoms with Crippen molar-refractivity contribution in [2.45, 2.75) is 48.0 Å². The highest BCUT2D eigenvalue weighted by atomic mass is 31.0. The molecule has 4 nitrogen and oxygen atoms in total. The van der Waals surface area contributed by atoms with Gasteiger partial charge in [-0.25, -0.2) is 0 Å². The number of methoxy groups -OCH3 is 2. The number of ether oxygens (including phenoxy) is 3. The van der Waals surface area contributed by atoms with Gasteiger partial charge in [0.15, 0.2) is 11.5 Å². The summed E-state index contributed by atoms with van der Waals surface area (Å²) in [5.41, 5.74) is 0. The van der Waals surface area contributed by atoms with Crippen LogP contribution in [0.2, 0.25) is 0 Å². The van der Waals surface area contributed by atoms with Crippen molar-refractivity contribution in [3.8, 4) is 17.2 Å². The van der Waals surface area contributed by atoms with Gasteiger partial charge < -0.3 is 19.1 Å². The molecule has 25 heavy (non-hydrogen) atoms. The number of hydrogen-bond acceptors (Lipinski definition) is 4. The maximum atomic E-state index is 5.95. The zero-order valence-corrected chi connectivity index (χ0v) is 18.4. The molecule has 0 saturated carbocycles. The van der Waals surface area contributed by atoms with Gasteiger partial charge in [0.2, 0.25) is 5.75 Å². The summed E-state index contributed by atoms with van der Waals surface area (Å²) in [6, 6.07) is 0. The minimum atomic E-state index is 0.667. The van der Waals surface area contributed by atoms with Gasteiger partial charge in [-0.15, -0.1) is 0 Å². The fourth-order valence-corrected chi connectivity index (χ4v) is 3.39. The van der Waals surface area contributed by atoms with E-state index in [0.29, 0.717) is 24.2 Å². The molecule has 0 radical (unpaired) electrons. The van der Waals surface area contributed by atoms with Crippen LogP contribution < -0.4 is 14.2 Å². The molecular weight excluding hydrogens is 333 g/mol. The summed E-state index contributed by atoms with van der Waals surface area (Å²) in [5.74, 6) is 7.58. The zero-order valence-electron chi connectivity index (χ0n) is 17.5. The highest BCUT2D eigenvalue weighted by Crippen LogP contribution is 2.40. The maximum absolute atomic E-state index is 5.95. The van der Waals surface area contributed by atoms with Crippen molar-refractivity contribution in [3.63, 3.8) is 0 Å². The van der Waals surface area contributed by atoms with Crippen molar-refractivity contribution in [3.05, 3.63) is 11.6 Å². The Bertz CT molecular complexity index is 420. The quantitative estimate of drug-likeness (QED) is 0.467. The Kier molecular flexibility index (Phi) is 13.6. The molecule has 0 saturated heterocycles. The highest BCUT2D eigenvalue weighted by Gasteiger charge is 2.13. The van der Waals surface area contributed by atoms with Crippen LogP contribution in [0.1, 0.15) is 48.0 Å². The standard InChI is InChI=1S/C18H32NO3P.C2H6/c1-14(2)10-19(11-15(3)4)8-7-9-22-18-16(20-5)12-23-13-17(18)21-6;1-2/h12-15H,7-11H2,1-6H3;1-2H3. The second-order valence-electron chi connectivity index (χ2n) is 6.62. The van der Waals surface area contributed by atoms with E-state index < -0.39 is 0 Å². The minimum absolute atomic E-state index is 0.667. The molecule has 1 aromatic heterocycles. The average molecular weight is 372 g/mol. The topological polar surface area (TPSA) is 30.9 Å². The SMILES string of the molecule is CC.COc1cpcc(OC)c1OCCCN(CC(C)C)CC(C)C. The molecule has 0 N–H and O–H groups in total. The molecule has 0 aliphatic carbocycles. The Morgan fingerprint density at radius 2 is 1.40 bits per heavy atom. The second-order valence-corrected chi connectivity index (χ2v) is 7.44. The van der Waals surface area contributed by atoms with Crippen molar-refractivity contribution in [1.29, 1.82) is 0 Å². The summed E-state index contributed by atoms with van der Waals surface area (Å²) in [6.45, 7) is 17.1. The van der Waals surface area contributed by atoms with Crippen LogP contribution in [0.5, 0.6) is 17.2 Å². The van der Waals surface area contributed by atoms with Gasteiger partial charge in [0.1, 0.15) is 0 Å². The molecule has 5 heteroatoms. The smallest absolute Gasteiger partial charge is 0.204 e. The third kappa shape index (κ3) is 9.91. The predicted molar refractivity (Wildman–Crippen MR) is 110 cm³/mol. The van der Waals surface area contributed by atoms with E-state index in [9.17, 15) is 0 Å². The van der Waals surface area contributed by atoms with E-state index in [0.717, 1.165) is 45.7 Å². The van der Waals surface area contributed by atoms with Crippen LogP contribution in [0.15, 0.2) is 11.6 Å². The van der Waals surface area contributed by atoms with Crippen LogP contribution >= 0.6 is 8.19 Å². The molecule has 1 heterocycles. The van der Waals surface area contributed by atoms with Gasteiger partial charge in [-0.05, 0) is 18.3 Å². The van der Waals surface area contributed by atoms with Gasteiger partial charge in [0.25, 0.3) is 0 Å². The van der Waals surface area contributed by atoms with E-state index in [1.165, 1.54) is 0 Å². The summed E-state index contributed by atoms with van der Waals surface area (Å²) in [6.07, 6.45) is 0.995. The van der Waals surface area contributed by atoms with Gasteiger partial charge in [0.05, 0.1) is 20.8 Å². The Labute approximate surface area is 157 Å². The van der Waals surface area contributed by atoms with E-state index >= 15 is 0 Å². The third-order valence-electron chi connectivity index (χ3n) is 3.38. The van der Waals surface area contributed by atoms with E-state index in [-0.39, 0.29) is 0 Å². The van der Waals surface area contributed by atoms with Crippen LogP contribution in [-0.2, 0) is 0 Å². The van der Waals surface area contributed by atoms with Gasteiger partial charge in [-0.1, -0.05) is 49.7 Å². The van der Waals surface area contributed by atoms with Gasteiger partial charge >= 0.3 is 0 Å². The van der Waals surface area contributed by atoms with Crippen LogP contribution in [0.25, 0.3) is 0 Å². The molecule has 0 unspecified atom stereocenters. The van der Waals surface area contributed by atoms with Gasteiger partial charge in [-0.3, -0.25) is 0 Å². The molecule has 0 aliphatic rings. The molecule has 1 rings (SSSR count). The largest absolute Gasteiger partial charge is 0.492 e. The molecule has 146 valence electrons. The van der Waals surface area contributed by atoms with E-state index in [1.807, 2.05) is 25.4 Å². The average Bonchev–Trinajstić information content (AvgIpc) is 2.59. The van der Waals surface area contributed by atoms with E-state index in [1.54, 1.807) is 14.2 Å². The normalized spacial score (nSPS) is 10.7. The summed E-state index contributed by atoms with van der Waals surface area (Å²) in [4.78, 5) is 2.53. The Hall–Kier alpha value is -0.990. The molecule has 1 aromatic rings. The molecule has 0 fully saturated rings. The zero-order chi connectivity index (χ0) is 19.2. The maximum Gasteiger partial charge on any atom is 0.204 e. The minimum Gasteiger partial charge on any atom is -0.492 e. The highest BCUT2D eigenvalue weighted by molar-refractivity contribution is 7.28. The van der Waals surface area contributed by atoms with Crippen LogP contribution in [-0.4, -0.2) is 45.4 Å². The van der Waals surface area contributed by atoms with Crippen molar-refractivity contribution in [2.75, 3.05) is 40.5 Å². The molecule has 0 spiro atoms. The van der Waals surface area contributed by atoms with Crippen molar-refractivity contribution < 1.29 is 14.2 Å². The Morgan fingerprint density at radius 1 is 0.920 bits per heavy atom. The van der Waals surface area contributed by atoms with Gasteiger partial charge in [0, 0.05) is 31.2 Å². The summed E-state index contributed by atoms with van der Waals surface area (Å²) < 4.78 is 16.7. The first kappa shape index (κ1) is 24.0. The molecule has 0 aromatic carbocycles. The Morgan fingerprint density at radius 3 is 1.80 bits per heavy atom. The molecular formula is C20H38NO3P. The van der Waals surface area contributed by atoms with Crippen molar-refractivity contribution >= 4 is 8.19 Å². The number of hydrogen-bond donors (Lipinski definition) is 0. The first-order valence-electron chi connectivity index (χ1n) is 9.39. The van der Waals surface area contributed by atoms with Crippen LogP contribution in [0, 0.1) is 11.8 Å². The summed E-state index contributed by atoms with van der Waals surface area (Å²) in [5, 5.41) is 0. The van der Waals surface area contributed by atoms with Gasteiger partial charge in [-0.2, -0.15) is 0 Å². The Balaban J connectivity index is 0.00000277. The van der Waals surface area contributed by atoms with E-state index in [4.69, 9.17) is 14.2 Å². The van der Waals surface area contributed by atoms with Crippen molar-refractivity contribution in [2.24, 2.45) is 11.8 Å². The van der Waals surface area contributed by atoms with Crippen LogP contribution in [0.4, 0.5) is 0 Å². The van der Waals surface area contributed by atoms with E-state index in [2.05, 4.69) is 32.6 Å². The number of rotatable bonds is 11. The fraction of sp³-hybridized carbons (Fsp3) is 0.750.